The van der Waals surface area contributed by atoms with E-state index in [2.05, 4.69) is 5.32 Å². The third kappa shape index (κ3) is 2.80. The van der Waals surface area contributed by atoms with Gasteiger partial charge >= 0.3 is 0 Å². The van der Waals surface area contributed by atoms with Crippen LogP contribution in [0.25, 0.3) is 0 Å². The molecule has 0 fully saturated rings. The molecule has 1 aromatic rings. The lowest BCUT2D eigenvalue weighted by molar-refractivity contribution is -0.120. The third-order valence-electron chi connectivity index (χ3n) is 3.39. The summed E-state index contributed by atoms with van der Waals surface area (Å²) in [5, 5.41) is 3.35. The summed E-state index contributed by atoms with van der Waals surface area (Å²) in [5.41, 5.74) is 1.09. The molecule has 1 aliphatic rings. The van der Waals surface area contributed by atoms with Crippen molar-refractivity contribution in [2.45, 2.75) is 33.2 Å². The summed E-state index contributed by atoms with van der Waals surface area (Å²) in [6, 6.07) is 4.53. The van der Waals surface area contributed by atoms with Gasteiger partial charge in [-0.3, -0.25) is 9.59 Å². The number of anilines is 1. The van der Waals surface area contributed by atoms with Gasteiger partial charge in [0.05, 0.1) is 11.3 Å². The van der Waals surface area contributed by atoms with E-state index in [1.165, 1.54) is 0 Å². The van der Waals surface area contributed by atoms with E-state index in [4.69, 9.17) is 11.6 Å². The highest BCUT2D eigenvalue weighted by Crippen LogP contribution is 2.28. The first kappa shape index (κ1) is 14.9. The minimum absolute atomic E-state index is 0.0735. The first-order chi connectivity index (χ1) is 9.43. The quantitative estimate of drug-likeness (QED) is 0.932. The lowest BCUT2D eigenvalue weighted by Crippen LogP contribution is -2.46. The van der Waals surface area contributed by atoms with Gasteiger partial charge in [0, 0.05) is 11.6 Å². The van der Waals surface area contributed by atoms with Crippen LogP contribution in [-0.2, 0) is 4.79 Å². The number of hydrogen-bond donors (Lipinski definition) is 1. The minimum Gasteiger partial charge on any atom is -0.340 e. The number of hydrogen-bond acceptors (Lipinski definition) is 2. The van der Waals surface area contributed by atoms with E-state index in [9.17, 15) is 9.59 Å². The van der Waals surface area contributed by atoms with E-state index in [-0.39, 0.29) is 11.8 Å². The van der Waals surface area contributed by atoms with Gasteiger partial charge < -0.3 is 10.2 Å². The average Bonchev–Trinajstić information content (AvgIpc) is 2.46. The van der Waals surface area contributed by atoms with E-state index in [0.29, 0.717) is 35.2 Å². The second-order valence-electron chi connectivity index (χ2n) is 5.40. The zero-order valence-corrected chi connectivity index (χ0v) is 12.7. The van der Waals surface area contributed by atoms with Crippen LogP contribution in [0.3, 0.4) is 0 Å². The zero-order chi connectivity index (χ0) is 14.9. The largest absolute Gasteiger partial charge is 0.340 e. The van der Waals surface area contributed by atoms with Crippen LogP contribution >= 0.6 is 11.6 Å². The summed E-state index contributed by atoms with van der Waals surface area (Å²) < 4.78 is 0. The minimum atomic E-state index is -0.478. The number of rotatable bonds is 3. The van der Waals surface area contributed by atoms with Gasteiger partial charge in [0.15, 0.2) is 0 Å². The predicted octanol–water partition coefficient (Wildman–Crippen LogP) is 2.85. The Hall–Kier alpha value is -1.55. The van der Waals surface area contributed by atoms with Crippen LogP contribution in [0, 0.1) is 5.92 Å². The predicted molar refractivity (Wildman–Crippen MR) is 80.2 cm³/mol. The fourth-order valence-corrected chi connectivity index (χ4v) is 2.65. The molecule has 108 valence electrons. The summed E-state index contributed by atoms with van der Waals surface area (Å²) in [7, 11) is 0. The Morgan fingerprint density at radius 3 is 2.65 bits per heavy atom. The molecule has 2 amide bonds. The molecule has 0 saturated heterocycles. The van der Waals surface area contributed by atoms with E-state index in [1.54, 1.807) is 23.1 Å². The van der Waals surface area contributed by atoms with Crippen molar-refractivity contribution < 1.29 is 9.59 Å². The highest BCUT2D eigenvalue weighted by Gasteiger charge is 2.33. The monoisotopic (exact) mass is 294 g/mol. The van der Waals surface area contributed by atoms with Crippen LogP contribution in [0.1, 0.15) is 37.6 Å². The number of halogens is 1. The maximum Gasteiger partial charge on any atom is 0.254 e. The first-order valence-electron chi connectivity index (χ1n) is 6.85. The van der Waals surface area contributed by atoms with E-state index < -0.39 is 6.04 Å². The van der Waals surface area contributed by atoms with Gasteiger partial charge in [-0.2, -0.15) is 0 Å². The van der Waals surface area contributed by atoms with E-state index in [1.807, 2.05) is 20.8 Å². The Morgan fingerprint density at radius 1 is 1.35 bits per heavy atom. The third-order valence-corrected chi connectivity index (χ3v) is 3.62. The Bertz CT molecular complexity index is 543. The van der Waals surface area contributed by atoms with Crippen molar-refractivity contribution >= 4 is 29.1 Å². The van der Waals surface area contributed by atoms with Gasteiger partial charge in [-0.15, -0.1) is 0 Å². The SMILES string of the molecule is CCN1C(=O)[C@H](CC(C)C)NC(=O)c2ccc(Cl)cc21. The Morgan fingerprint density at radius 2 is 2.05 bits per heavy atom. The molecule has 0 aliphatic carbocycles. The van der Waals surface area contributed by atoms with Gasteiger partial charge in [0.25, 0.3) is 5.91 Å². The van der Waals surface area contributed by atoms with Crippen LogP contribution in [0.5, 0.6) is 0 Å². The van der Waals surface area contributed by atoms with Crippen LogP contribution < -0.4 is 10.2 Å². The normalized spacial score (nSPS) is 18.9. The van der Waals surface area contributed by atoms with Crippen LogP contribution in [-0.4, -0.2) is 24.4 Å². The van der Waals surface area contributed by atoms with Crippen LogP contribution in [0.2, 0.25) is 5.02 Å². The molecule has 1 N–H and O–H groups in total. The second kappa shape index (κ2) is 5.83. The van der Waals surface area contributed by atoms with Crippen molar-refractivity contribution in [1.29, 1.82) is 0 Å². The number of benzene rings is 1. The number of nitrogens with zero attached hydrogens (tertiary/aromatic N) is 1. The van der Waals surface area contributed by atoms with Crippen molar-refractivity contribution in [3.05, 3.63) is 28.8 Å². The molecular formula is C15H19ClN2O2. The van der Waals surface area contributed by atoms with E-state index >= 15 is 0 Å². The number of carbonyl (C=O) groups is 2. The molecule has 1 atom stereocenters. The molecule has 4 nitrogen and oxygen atoms in total. The van der Waals surface area contributed by atoms with Crippen molar-refractivity contribution in [1.82, 2.24) is 5.32 Å². The summed E-state index contributed by atoms with van der Waals surface area (Å²) >= 11 is 6.00. The topological polar surface area (TPSA) is 49.4 Å². The summed E-state index contributed by atoms with van der Waals surface area (Å²) in [6.45, 7) is 6.47. The molecule has 0 radical (unpaired) electrons. The van der Waals surface area contributed by atoms with Gasteiger partial charge in [-0.25, -0.2) is 0 Å². The molecule has 0 unspecified atom stereocenters. The number of fused-ring (bicyclic) bond motifs is 1. The summed E-state index contributed by atoms with van der Waals surface area (Å²) in [6.07, 6.45) is 0.628. The molecular weight excluding hydrogens is 276 g/mol. The van der Waals surface area contributed by atoms with Gasteiger partial charge in [-0.05, 0) is 37.5 Å². The van der Waals surface area contributed by atoms with Crippen molar-refractivity contribution in [3.8, 4) is 0 Å². The fraction of sp³-hybridized carbons (Fsp3) is 0.467. The zero-order valence-electron chi connectivity index (χ0n) is 11.9. The molecule has 20 heavy (non-hydrogen) atoms. The second-order valence-corrected chi connectivity index (χ2v) is 5.84. The Kier molecular flexibility index (Phi) is 4.33. The lowest BCUT2D eigenvalue weighted by Gasteiger charge is -2.24. The maximum absolute atomic E-state index is 12.6. The summed E-state index contributed by atoms with van der Waals surface area (Å²) in [4.78, 5) is 26.5. The molecule has 0 aromatic heterocycles. The van der Waals surface area contributed by atoms with Crippen LogP contribution in [0.15, 0.2) is 18.2 Å². The highest BCUT2D eigenvalue weighted by atomic mass is 35.5. The van der Waals surface area contributed by atoms with Crippen LogP contribution in [0.4, 0.5) is 5.69 Å². The van der Waals surface area contributed by atoms with Gasteiger partial charge in [0.2, 0.25) is 5.91 Å². The molecule has 0 spiro atoms. The van der Waals surface area contributed by atoms with E-state index in [0.717, 1.165) is 0 Å². The smallest absolute Gasteiger partial charge is 0.254 e. The number of likely N-dealkylation sites (N-methyl/N-ethyl adjacent to an activating group) is 1. The Labute approximate surface area is 124 Å². The fourth-order valence-electron chi connectivity index (χ4n) is 2.48. The molecule has 1 aromatic carbocycles. The average molecular weight is 295 g/mol. The highest BCUT2D eigenvalue weighted by molar-refractivity contribution is 6.31. The molecule has 5 heteroatoms. The molecule has 1 heterocycles. The molecule has 0 saturated carbocycles. The van der Waals surface area contributed by atoms with Crippen molar-refractivity contribution in [2.75, 3.05) is 11.4 Å². The molecule has 0 bridgehead atoms. The van der Waals surface area contributed by atoms with Crippen molar-refractivity contribution in [3.63, 3.8) is 0 Å². The van der Waals surface area contributed by atoms with Crippen molar-refractivity contribution in [2.24, 2.45) is 5.92 Å². The first-order valence-corrected chi connectivity index (χ1v) is 7.23. The molecule has 2 rings (SSSR count). The number of carbonyl (C=O) groups excluding carboxylic acids is 2. The number of amides is 2. The standard InChI is InChI=1S/C15H19ClN2O2/c1-4-18-13-8-10(16)5-6-11(13)14(19)17-12(15(18)20)7-9(2)3/h5-6,8-9,12H,4,7H2,1-3H3,(H,17,19)/t12-/m0/s1. The molecule has 1 aliphatic heterocycles. The summed E-state index contributed by atoms with van der Waals surface area (Å²) in [5.74, 6) is 0.0370. The number of nitrogens with one attached hydrogen (secondary N) is 1. The Balaban J connectivity index is 2.47. The maximum atomic E-state index is 12.6. The lowest BCUT2D eigenvalue weighted by atomic mass is 10.0. The van der Waals surface area contributed by atoms with Gasteiger partial charge in [-0.1, -0.05) is 25.4 Å². The van der Waals surface area contributed by atoms with Gasteiger partial charge in [0.1, 0.15) is 6.04 Å².